The van der Waals surface area contributed by atoms with Gasteiger partial charge in [0, 0.05) is 10.9 Å². The predicted molar refractivity (Wildman–Crippen MR) is 168 cm³/mol. The standard InChI is InChI=1S/C26H40ClN8O5PS/c1-7-16(3)38-24(36)26(4,5)33-41(40-18-10-8-17(27)9-11-18)37-13-19-12-15(2)23(39-19)35-14-29-20-21(32-34-42-6)30-25(28)31-22(20)35/h8-11,15-16,19,23,29,33-34H,7,12-14H2,1-6H3,(H3,28,30,31,32). The van der Waals surface area contributed by atoms with Crippen LogP contribution in [0.3, 0.4) is 0 Å². The molecule has 232 valence electrons. The van der Waals surface area contributed by atoms with E-state index in [4.69, 9.17) is 35.9 Å². The van der Waals surface area contributed by atoms with Gasteiger partial charge < -0.3 is 34.5 Å². The molecule has 0 saturated carbocycles. The number of nitrogens with one attached hydrogen (secondary N) is 4. The summed E-state index contributed by atoms with van der Waals surface area (Å²) >= 11 is 7.46. The molecule has 5 unspecified atom stereocenters. The third-order valence-corrected chi connectivity index (χ3v) is 8.84. The number of halogens is 1. The summed E-state index contributed by atoms with van der Waals surface area (Å²) in [6, 6.07) is 6.96. The Kier molecular flexibility index (Phi) is 11.2. The summed E-state index contributed by atoms with van der Waals surface area (Å²) in [5, 5.41) is 7.15. The lowest BCUT2D eigenvalue weighted by Crippen LogP contribution is -2.47. The number of fused-ring (bicyclic) bond motifs is 1. The second kappa shape index (κ2) is 14.4. The molecule has 0 bridgehead atoms. The first-order chi connectivity index (χ1) is 20.0. The van der Waals surface area contributed by atoms with Crippen LogP contribution in [-0.4, -0.2) is 59.4 Å². The van der Waals surface area contributed by atoms with Gasteiger partial charge in [0.1, 0.15) is 23.2 Å². The maximum Gasteiger partial charge on any atom is 0.326 e. The minimum atomic E-state index is -1.76. The molecule has 2 aliphatic rings. The highest BCUT2D eigenvalue weighted by Crippen LogP contribution is 2.43. The van der Waals surface area contributed by atoms with Gasteiger partial charge in [-0.25, -0.2) is 5.09 Å². The molecule has 0 amide bonds. The number of carbonyl (C=O) groups excluding carboxylic acids is 1. The SMILES string of the molecule is CCC(C)OC(=O)C(C)(C)NP(OCC1CC(C)C(N2CNc3c(NNSC)nc(N)nc32)O1)Oc1ccc(Cl)cc1. The summed E-state index contributed by atoms with van der Waals surface area (Å²) in [5.74, 6) is 1.72. The molecule has 5 atom stereocenters. The molecule has 1 fully saturated rings. The van der Waals surface area contributed by atoms with Crippen molar-refractivity contribution in [3.05, 3.63) is 29.3 Å². The second-order valence-electron chi connectivity index (χ2n) is 10.7. The van der Waals surface area contributed by atoms with Gasteiger partial charge >= 0.3 is 14.5 Å². The minimum Gasteiger partial charge on any atom is -0.461 e. The highest BCUT2D eigenvalue weighted by molar-refractivity contribution is 7.96. The van der Waals surface area contributed by atoms with Crippen LogP contribution in [0, 0.1) is 5.92 Å². The molecule has 6 N–H and O–H groups in total. The van der Waals surface area contributed by atoms with Crippen molar-refractivity contribution in [3.63, 3.8) is 0 Å². The molecule has 1 aromatic carbocycles. The molecule has 3 heterocycles. The van der Waals surface area contributed by atoms with Gasteiger partial charge in [-0.05, 0) is 64.1 Å². The summed E-state index contributed by atoms with van der Waals surface area (Å²) in [4.78, 5) is 26.7. The summed E-state index contributed by atoms with van der Waals surface area (Å²) < 4.78 is 24.5. The third-order valence-electron chi connectivity index (χ3n) is 6.78. The Balaban J connectivity index is 1.43. The Labute approximate surface area is 257 Å². The molecule has 4 rings (SSSR count). The van der Waals surface area contributed by atoms with E-state index in [2.05, 4.69) is 37.6 Å². The molecule has 13 nitrogen and oxygen atoms in total. The average molecular weight is 643 g/mol. The van der Waals surface area contributed by atoms with Gasteiger partial charge in [-0.2, -0.15) is 14.8 Å². The van der Waals surface area contributed by atoms with Gasteiger partial charge in [0.05, 0.1) is 25.5 Å². The topological polar surface area (TPSA) is 157 Å². The highest BCUT2D eigenvalue weighted by atomic mass is 35.5. The fourth-order valence-electron chi connectivity index (χ4n) is 4.39. The number of hydrogen-bond donors (Lipinski definition) is 5. The van der Waals surface area contributed by atoms with Crippen molar-refractivity contribution in [1.82, 2.24) is 19.9 Å². The molecular weight excluding hydrogens is 603 g/mol. The maximum absolute atomic E-state index is 12.9. The quantitative estimate of drug-likeness (QED) is 0.0822. The van der Waals surface area contributed by atoms with Gasteiger partial charge in [-0.15, -0.1) is 0 Å². The van der Waals surface area contributed by atoms with Crippen molar-refractivity contribution in [2.75, 3.05) is 40.9 Å². The molecule has 0 spiro atoms. The number of carbonyl (C=O) groups is 1. The number of ether oxygens (including phenoxy) is 2. The van der Waals surface area contributed by atoms with Crippen LogP contribution >= 0.6 is 32.1 Å². The van der Waals surface area contributed by atoms with Gasteiger partial charge in [-0.3, -0.25) is 10.2 Å². The second-order valence-corrected chi connectivity index (χ2v) is 12.9. The van der Waals surface area contributed by atoms with Crippen molar-refractivity contribution in [1.29, 1.82) is 0 Å². The Morgan fingerprint density at radius 2 is 2.10 bits per heavy atom. The average Bonchev–Trinajstić information content (AvgIpc) is 3.53. The first-order valence-electron chi connectivity index (χ1n) is 13.7. The third kappa shape index (κ3) is 8.19. The van der Waals surface area contributed by atoms with Crippen LogP contribution in [0.4, 0.5) is 23.3 Å². The van der Waals surface area contributed by atoms with Crippen LogP contribution in [-0.2, 0) is 18.8 Å². The Morgan fingerprint density at radius 1 is 1.36 bits per heavy atom. The van der Waals surface area contributed by atoms with Crippen LogP contribution in [0.5, 0.6) is 5.75 Å². The van der Waals surface area contributed by atoms with Crippen LogP contribution in [0.15, 0.2) is 24.3 Å². The van der Waals surface area contributed by atoms with Crippen LogP contribution in [0.25, 0.3) is 0 Å². The summed E-state index contributed by atoms with van der Waals surface area (Å²) in [5.41, 5.74) is 8.74. The number of esters is 1. The molecule has 0 aliphatic carbocycles. The zero-order valence-electron chi connectivity index (χ0n) is 24.6. The first kappa shape index (κ1) is 32.6. The number of rotatable bonds is 14. The van der Waals surface area contributed by atoms with E-state index in [-0.39, 0.29) is 42.9 Å². The van der Waals surface area contributed by atoms with E-state index in [1.807, 2.05) is 25.0 Å². The molecule has 0 radical (unpaired) electrons. The van der Waals surface area contributed by atoms with Crippen molar-refractivity contribution < 1.29 is 23.3 Å². The number of anilines is 4. The maximum atomic E-state index is 12.9. The molecule has 1 aromatic heterocycles. The molecule has 1 saturated heterocycles. The fourth-order valence-corrected chi connectivity index (χ4v) is 6.04. The largest absolute Gasteiger partial charge is 0.461 e. The zero-order chi connectivity index (χ0) is 30.4. The Bertz CT molecular complexity index is 1220. The van der Waals surface area contributed by atoms with E-state index in [0.29, 0.717) is 29.1 Å². The molecule has 2 aromatic rings. The van der Waals surface area contributed by atoms with Crippen molar-refractivity contribution in [2.45, 2.75) is 71.4 Å². The molecule has 16 heteroatoms. The van der Waals surface area contributed by atoms with Crippen LogP contribution in [0.2, 0.25) is 5.02 Å². The number of aromatic nitrogens is 2. The van der Waals surface area contributed by atoms with Gasteiger partial charge in [0.25, 0.3) is 0 Å². The molecule has 42 heavy (non-hydrogen) atoms. The van der Waals surface area contributed by atoms with E-state index in [9.17, 15) is 4.79 Å². The van der Waals surface area contributed by atoms with Gasteiger partial charge in [-0.1, -0.05) is 37.4 Å². The highest BCUT2D eigenvalue weighted by Gasteiger charge is 2.42. The number of hydrogen-bond acceptors (Lipinski definition) is 14. The Morgan fingerprint density at radius 3 is 2.79 bits per heavy atom. The number of nitrogens with two attached hydrogens (primary N) is 1. The summed E-state index contributed by atoms with van der Waals surface area (Å²) in [6.45, 7) is 10.2. The van der Waals surface area contributed by atoms with Crippen molar-refractivity contribution >= 4 is 61.3 Å². The van der Waals surface area contributed by atoms with E-state index in [1.54, 1.807) is 38.1 Å². The van der Waals surface area contributed by atoms with Crippen LogP contribution < -0.4 is 35.8 Å². The number of benzene rings is 1. The Hall–Kier alpha value is -2.32. The lowest BCUT2D eigenvalue weighted by atomic mass is 10.1. The van der Waals surface area contributed by atoms with E-state index in [0.717, 1.165) is 18.5 Å². The predicted octanol–water partition coefficient (Wildman–Crippen LogP) is 4.88. The van der Waals surface area contributed by atoms with E-state index >= 15 is 0 Å². The van der Waals surface area contributed by atoms with E-state index in [1.165, 1.54) is 11.9 Å². The molecular formula is C26H40ClN8O5PS. The van der Waals surface area contributed by atoms with Crippen LogP contribution in [0.1, 0.15) is 47.5 Å². The number of nitrogens with zero attached hydrogens (tertiary/aromatic N) is 3. The van der Waals surface area contributed by atoms with Crippen molar-refractivity contribution in [3.8, 4) is 5.75 Å². The minimum absolute atomic E-state index is 0.156. The zero-order valence-corrected chi connectivity index (χ0v) is 27.1. The number of nitrogen functional groups attached to an aromatic ring is 1. The normalized spacial score (nSPS) is 21.4. The van der Waals surface area contributed by atoms with Gasteiger partial charge in [0.2, 0.25) is 5.95 Å². The summed E-state index contributed by atoms with van der Waals surface area (Å²) in [7, 11) is -1.76. The number of hydrazine groups is 1. The first-order valence-corrected chi connectivity index (χ1v) is 16.5. The molecule has 2 aliphatic heterocycles. The summed E-state index contributed by atoms with van der Waals surface area (Å²) in [6.07, 6.45) is 2.68. The lowest BCUT2D eigenvalue weighted by Gasteiger charge is -2.30. The van der Waals surface area contributed by atoms with Crippen molar-refractivity contribution in [2.24, 2.45) is 5.92 Å². The smallest absolute Gasteiger partial charge is 0.326 e. The van der Waals surface area contributed by atoms with E-state index < -0.39 is 14.1 Å². The fraction of sp³-hybridized carbons (Fsp3) is 0.577. The van der Waals surface area contributed by atoms with Gasteiger partial charge in [0.15, 0.2) is 11.6 Å². The lowest BCUT2D eigenvalue weighted by molar-refractivity contribution is -0.154. The monoisotopic (exact) mass is 642 g/mol.